The molecule has 2 heterocycles. The van der Waals surface area contributed by atoms with Crippen molar-refractivity contribution in [1.29, 1.82) is 0 Å². The first-order chi connectivity index (χ1) is 10.5. The summed E-state index contributed by atoms with van der Waals surface area (Å²) in [5, 5.41) is 4.07. The molecule has 114 valence electrons. The number of nitrogens with zero attached hydrogens (tertiary/aromatic N) is 3. The van der Waals surface area contributed by atoms with E-state index in [1.54, 1.807) is 30.3 Å². The third-order valence-electron chi connectivity index (χ3n) is 4.01. The minimum Gasteiger partial charge on any atom is -0.234 e. The summed E-state index contributed by atoms with van der Waals surface area (Å²) in [6.07, 6.45) is -2.00. The highest BCUT2D eigenvalue weighted by Crippen LogP contribution is 2.55. The van der Waals surface area contributed by atoms with Gasteiger partial charge in [-0.15, -0.1) is 0 Å². The lowest BCUT2D eigenvalue weighted by molar-refractivity contribution is 0.111. The van der Waals surface area contributed by atoms with Gasteiger partial charge in [-0.1, -0.05) is 30.3 Å². The number of hydrogen-bond donors (Lipinski definition) is 0. The van der Waals surface area contributed by atoms with Crippen LogP contribution in [0.25, 0.3) is 0 Å². The van der Waals surface area contributed by atoms with Crippen LogP contribution in [0, 0.1) is 0 Å². The van der Waals surface area contributed by atoms with Crippen LogP contribution in [-0.2, 0) is 11.3 Å². The molecule has 2 aromatic rings. The van der Waals surface area contributed by atoms with E-state index >= 15 is 0 Å². The summed E-state index contributed by atoms with van der Waals surface area (Å²) in [5.41, 5.74) is 0.682. The quantitative estimate of drug-likeness (QED) is 0.797. The van der Waals surface area contributed by atoms with Gasteiger partial charge in [0.25, 0.3) is 5.92 Å². The van der Waals surface area contributed by atoms with Gasteiger partial charge in [-0.3, -0.25) is 0 Å². The Labute approximate surface area is 127 Å². The van der Waals surface area contributed by atoms with Crippen molar-refractivity contribution in [2.75, 3.05) is 0 Å². The van der Waals surface area contributed by atoms with Crippen LogP contribution in [0.15, 0.2) is 30.3 Å². The van der Waals surface area contributed by atoms with Gasteiger partial charge in [0.2, 0.25) is 0 Å². The predicted octanol–water partition coefficient (Wildman–Crippen LogP) is 2.40. The Balaban J connectivity index is 1.82. The van der Waals surface area contributed by atoms with Crippen LogP contribution >= 0.6 is 0 Å². The molecular weight excluding hydrogens is 315 g/mol. The average Bonchev–Trinajstić information content (AvgIpc) is 2.86. The molecule has 1 unspecified atom stereocenters. The first-order valence-corrected chi connectivity index (χ1v) is 7.47. The molecule has 1 aliphatic carbocycles. The Bertz CT molecular complexity index is 801. The predicted molar refractivity (Wildman–Crippen MR) is 73.9 cm³/mol. The topological polar surface area (TPSA) is 47.8 Å². The molecule has 1 aromatic carbocycles. The van der Waals surface area contributed by atoms with Crippen LogP contribution in [0.3, 0.4) is 0 Å². The Morgan fingerprint density at radius 3 is 2.55 bits per heavy atom. The number of fused-ring (bicyclic) bond motifs is 1. The molecule has 0 amide bonds. The van der Waals surface area contributed by atoms with Crippen molar-refractivity contribution in [2.24, 2.45) is 0 Å². The zero-order chi connectivity index (χ0) is 15.5. The molecule has 0 N–H and O–H groups in total. The summed E-state index contributed by atoms with van der Waals surface area (Å²) < 4.78 is 53.3. The van der Waals surface area contributed by atoms with E-state index in [4.69, 9.17) is 0 Å². The molecule has 0 saturated heterocycles. The maximum atomic E-state index is 14.4. The van der Waals surface area contributed by atoms with Crippen molar-refractivity contribution >= 4 is 16.1 Å². The molecule has 22 heavy (non-hydrogen) atoms. The van der Waals surface area contributed by atoms with E-state index in [0.29, 0.717) is 5.56 Å². The van der Waals surface area contributed by atoms with Crippen molar-refractivity contribution in [3.63, 3.8) is 0 Å². The Morgan fingerprint density at radius 2 is 1.95 bits per heavy atom. The van der Waals surface area contributed by atoms with Crippen LogP contribution in [-0.4, -0.2) is 29.8 Å². The van der Waals surface area contributed by atoms with Gasteiger partial charge in [-0.25, -0.2) is 27.0 Å². The van der Waals surface area contributed by atoms with E-state index in [1.165, 1.54) is 4.68 Å². The van der Waals surface area contributed by atoms with Crippen molar-refractivity contribution in [1.82, 2.24) is 14.8 Å². The minimum absolute atomic E-state index is 0.0373. The normalized spacial score (nSPS) is 28.5. The highest BCUT2D eigenvalue weighted by molar-refractivity contribution is 7.66. The smallest absolute Gasteiger partial charge is 0.234 e. The zero-order valence-electron chi connectivity index (χ0n) is 11.1. The molecule has 1 aromatic heterocycles. The third-order valence-corrected chi connectivity index (χ3v) is 4.64. The molecular formula is C14H10F3N3OS. The molecule has 1 saturated carbocycles. The maximum Gasteiger partial charge on any atom is 0.259 e. The van der Waals surface area contributed by atoms with Crippen molar-refractivity contribution in [3.8, 4) is 0 Å². The average molecular weight is 325 g/mol. The number of aromatic nitrogens is 3. The first-order valence-electron chi connectivity index (χ1n) is 6.72. The molecule has 0 radical (unpaired) electrons. The van der Waals surface area contributed by atoms with Gasteiger partial charge in [0.1, 0.15) is 6.04 Å². The Morgan fingerprint density at radius 1 is 1.27 bits per heavy atom. The van der Waals surface area contributed by atoms with Crippen molar-refractivity contribution in [3.05, 3.63) is 47.5 Å². The SMILES string of the molecule is O=S=C1[C@@H](F)c2nc(C3CC3(F)F)nn2[C@H]1c1ccccc1. The van der Waals surface area contributed by atoms with Crippen LogP contribution in [0.1, 0.15) is 41.8 Å². The molecule has 2 aliphatic rings. The highest BCUT2D eigenvalue weighted by atomic mass is 32.1. The fraction of sp³-hybridized carbons (Fsp3) is 0.357. The lowest BCUT2D eigenvalue weighted by atomic mass is 10.0. The number of benzene rings is 1. The van der Waals surface area contributed by atoms with E-state index in [0.717, 1.165) is 0 Å². The molecule has 0 spiro atoms. The third kappa shape index (κ3) is 1.86. The van der Waals surface area contributed by atoms with E-state index in [-0.39, 0.29) is 34.2 Å². The largest absolute Gasteiger partial charge is 0.259 e. The summed E-state index contributed by atoms with van der Waals surface area (Å²) in [6.45, 7) is 0. The second-order valence-corrected chi connectivity index (χ2v) is 6.09. The zero-order valence-corrected chi connectivity index (χ0v) is 11.9. The summed E-state index contributed by atoms with van der Waals surface area (Å²) in [5.74, 6) is -3.96. The minimum atomic E-state index is -2.81. The second kappa shape index (κ2) is 4.52. The second-order valence-electron chi connectivity index (χ2n) is 5.45. The summed E-state index contributed by atoms with van der Waals surface area (Å²) in [6, 6.07) is 8.11. The van der Waals surface area contributed by atoms with Crippen molar-refractivity contribution in [2.45, 2.75) is 30.5 Å². The van der Waals surface area contributed by atoms with Crippen LogP contribution in [0.4, 0.5) is 13.2 Å². The van der Waals surface area contributed by atoms with Crippen LogP contribution in [0.2, 0.25) is 0 Å². The van der Waals surface area contributed by atoms with Gasteiger partial charge >= 0.3 is 0 Å². The summed E-state index contributed by atoms with van der Waals surface area (Å²) in [4.78, 5) is 3.96. The number of alkyl halides is 3. The lowest BCUT2D eigenvalue weighted by Gasteiger charge is -2.11. The molecule has 8 heteroatoms. The van der Waals surface area contributed by atoms with Crippen molar-refractivity contribution < 1.29 is 17.4 Å². The van der Waals surface area contributed by atoms with Gasteiger partial charge in [0.15, 0.2) is 17.8 Å². The fourth-order valence-corrected chi connectivity index (χ4v) is 3.29. The van der Waals surface area contributed by atoms with E-state index < -0.39 is 24.1 Å². The summed E-state index contributed by atoms with van der Waals surface area (Å²) in [7, 11) is 0. The van der Waals surface area contributed by atoms with E-state index in [9.17, 15) is 17.4 Å². The van der Waals surface area contributed by atoms with Gasteiger partial charge < -0.3 is 0 Å². The standard InChI is InChI=1S/C14H10F3N3OS/c15-9-11(22-21)10(7-4-2-1-3-5-7)20-13(9)18-12(19-20)8-6-14(8,16)17/h1-5,8-10H,6H2/t8?,9-,10+/m1/s1. The Kier molecular flexibility index (Phi) is 2.81. The fourth-order valence-electron chi connectivity index (χ4n) is 2.77. The lowest BCUT2D eigenvalue weighted by Crippen LogP contribution is -2.16. The number of hydrogen-bond acceptors (Lipinski definition) is 3. The molecule has 0 bridgehead atoms. The molecule has 4 rings (SSSR count). The first kappa shape index (κ1) is 13.7. The number of halogens is 3. The van der Waals surface area contributed by atoms with Gasteiger partial charge in [-0.2, -0.15) is 5.10 Å². The number of rotatable bonds is 2. The van der Waals surface area contributed by atoms with Gasteiger partial charge in [0, 0.05) is 6.42 Å². The van der Waals surface area contributed by atoms with E-state index in [2.05, 4.69) is 10.1 Å². The summed E-state index contributed by atoms with van der Waals surface area (Å²) >= 11 is 0.0770. The molecule has 4 nitrogen and oxygen atoms in total. The van der Waals surface area contributed by atoms with E-state index in [1.807, 2.05) is 0 Å². The monoisotopic (exact) mass is 325 g/mol. The maximum absolute atomic E-state index is 14.4. The Hall–Kier alpha value is -1.96. The van der Waals surface area contributed by atoms with Crippen LogP contribution < -0.4 is 0 Å². The van der Waals surface area contributed by atoms with Gasteiger partial charge in [-0.05, 0) is 5.56 Å². The molecule has 3 atom stereocenters. The molecule has 1 aliphatic heterocycles. The molecule has 1 fully saturated rings. The van der Waals surface area contributed by atoms with Crippen LogP contribution in [0.5, 0.6) is 0 Å². The van der Waals surface area contributed by atoms with Gasteiger partial charge in [0.05, 0.1) is 22.0 Å². The highest BCUT2D eigenvalue weighted by Gasteiger charge is 2.60.